The Bertz CT molecular complexity index is 620. The van der Waals surface area contributed by atoms with Crippen LogP contribution in [0.1, 0.15) is 11.4 Å². The lowest BCUT2D eigenvalue weighted by Crippen LogP contribution is -2.04. The standard InChI is InChI=1S/C13H12ClN3O2/c1-16-12(14)9-15-13(16)8-11(17(18)19)7-10-5-3-2-4-6-10/h2-6,8-9H,7H2,1H3/b11-8-. The third kappa shape index (κ3) is 3.20. The zero-order chi connectivity index (χ0) is 13.8. The van der Waals surface area contributed by atoms with Crippen LogP contribution in [0.4, 0.5) is 0 Å². The fraction of sp³-hybridized carbons (Fsp3) is 0.154. The summed E-state index contributed by atoms with van der Waals surface area (Å²) in [4.78, 5) is 14.7. The van der Waals surface area contributed by atoms with Gasteiger partial charge in [0.25, 0.3) is 5.70 Å². The van der Waals surface area contributed by atoms with Crippen LogP contribution >= 0.6 is 11.6 Å². The summed E-state index contributed by atoms with van der Waals surface area (Å²) < 4.78 is 1.59. The van der Waals surface area contributed by atoms with E-state index in [9.17, 15) is 10.1 Å². The van der Waals surface area contributed by atoms with Gasteiger partial charge in [0, 0.05) is 7.05 Å². The van der Waals surface area contributed by atoms with Gasteiger partial charge >= 0.3 is 0 Å². The summed E-state index contributed by atoms with van der Waals surface area (Å²) in [5, 5.41) is 11.5. The quantitative estimate of drug-likeness (QED) is 0.638. The van der Waals surface area contributed by atoms with Crippen LogP contribution in [0.2, 0.25) is 5.15 Å². The first-order valence-electron chi connectivity index (χ1n) is 5.64. The lowest BCUT2D eigenvalue weighted by atomic mass is 10.1. The highest BCUT2D eigenvalue weighted by Gasteiger charge is 2.14. The van der Waals surface area contributed by atoms with Gasteiger partial charge in [-0.25, -0.2) is 4.98 Å². The molecule has 0 unspecified atom stereocenters. The Kier molecular flexibility index (Phi) is 3.97. The number of benzene rings is 1. The Labute approximate surface area is 115 Å². The summed E-state index contributed by atoms with van der Waals surface area (Å²) in [7, 11) is 1.71. The Morgan fingerprint density at radius 1 is 1.47 bits per heavy atom. The van der Waals surface area contributed by atoms with Crippen LogP contribution in [0.25, 0.3) is 6.08 Å². The summed E-state index contributed by atoms with van der Waals surface area (Å²) in [5.74, 6) is 0.465. The number of imidazole rings is 1. The monoisotopic (exact) mass is 277 g/mol. The highest BCUT2D eigenvalue weighted by atomic mass is 35.5. The number of aromatic nitrogens is 2. The van der Waals surface area contributed by atoms with E-state index in [-0.39, 0.29) is 12.1 Å². The molecule has 0 saturated heterocycles. The van der Waals surface area contributed by atoms with Gasteiger partial charge in [0.2, 0.25) is 0 Å². The zero-order valence-electron chi connectivity index (χ0n) is 10.3. The molecule has 19 heavy (non-hydrogen) atoms. The van der Waals surface area contributed by atoms with E-state index in [1.807, 2.05) is 30.3 Å². The summed E-state index contributed by atoms with van der Waals surface area (Å²) in [6, 6.07) is 9.28. The second-order valence-corrected chi connectivity index (χ2v) is 4.44. The van der Waals surface area contributed by atoms with Gasteiger partial charge in [-0.1, -0.05) is 41.9 Å². The molecule has 0 fully saturated rings. The number of nitro groups is 1. The van der Waals surface area contributed by atoms with Crippen LogP contribution < -0.4 is 0 Å². The average Bonchev–Trinajstić information content (AvgIpc) is 2.71. The number of halogens is 1. The number of nitrogens with zero attached hydrogens (tertiary/aromatic N) is 3. The maximum atomic E-state index is 11.1. The molecule has 1 heterocycles. The topological polar surface area (TPSA) is 61.0 Å². The molecule has 1 aromatic carbocycles. The van der Waals surface area contributed by atoms with Crippen molar-refractivity contribution in [3.63, 3.8) is 0 Å². The van der Waals surface area contributed by atoms with Crippen molar-refractivity contribution in [1.82, 2.24) is 9.55 Å². The molecule has 98 valence electrons. The van der Waals surface area contributed by atoms with Gasteiger partial charge in [0.05, 0.1) is 23.6 Å². The number of hydrogen-bond donors (Lipinski definition) is 0. The number of rotatable bonds is 4. The summed E-state index contributed by atoms with van der Waals surface area (Å²) >= 11 is 5.85. The minimum atomic E-state index is -0.393. The molecule has 0 amide bonds. The lowest BCUT2D eigenvalue weighted by molar-refractivity contribution is -0.425. The molecular formula is C13H12ClN3O2. The van der Waals surface area contributed by atoms with Crippen molar-refractivity contribution in [2.45, 2.75) is 6.42 Å². The molecule has 0 aliphatic rings. The molecule has 0 saturated carbocycles. The summed E-state index contributed by atoms with van der Waals surface area (Å²) in [6.07, 6.45) is 3.16. The third-order valence-corrected chi connectivity index (χ3v) is 3.08. The van der Waals surface area contributed by atoms with Gasteiger partial charge in [-0.2, -0.15) is 0 Å². The van der Waals surface area contributed by atoms with E-state index < -0.39 is 4.92 Å². The molecule has 0 aliphatic carbocycles. The fourth-order valence-corrected chi connectivity index (χ4v) is 1.79. The average molecular weight is 278 g/mol. The molecular weight excluding hydrogens is 266 g/mol. The van der Waals surface area contributed by atoms with E-state index in [4.69, 9.17) is 11.6 Å². The molecule has 0 radical (unpaired) electrons. The van der Waals surface area contributed by atoms with E-state index >= 15 is 0 Å². The highest BCUT2D eigenvalue weighted by molar-refractivity contribution is 6.29. The Morgan fingerprint density at radius 2 is 2.16 bits per heavy atom. The van der Waals surface area contributed by atoms with Crippen molar-refractivity contribution in [2.75, 3.05) is 0 Å². The van der Waals surface area contributed by atoms with Crippen molar-refractivity contribution in [2.24, 2.45) is 7.05 Å². The van der Waals surface area contributed by atoms with E-state index in [0.717, 1.165) is 5.56 Å². The molecule has 0 atom stereocenters. The molecule has 0 aliphatic heterocycles. The van der Waals surface area contributed by atoms with Gasteiger partial charge in [0.15, 0.2) is 0 Å². The van der Waals surface area contributed by atoms with E-state index in [1.54, 1.807) is 11.6 Å². The molecule has 2 aromatic rings. The fourth-order valence-electron chi connectivity index (χ4n) is 1.66. The van der Waals surface area contributed by atoms with Gasteiger partial charge in [0.1, 0.15) is 11.0 Å². The summed E-state index contributed by atoms with van der Waals surface area (Å²) in [5.41, 5.74) is 0.960. The third-order valence-electron chi connectivity index (χ3n) is 2.73. The molecule has 0 spiro atoms. The molecule has 1 aromatic heterocycles. The maximum absolute atomic E-state index is 11.1. The Morgan fingerprint density at radius 3 is 2.68 bits per heavy atom. The first-order chi connectivity index (χ1) is 9.08. The molecule has 2 rings (SSSR count). The zero-order valence-corrected chi connectivity index (χ0v) is 11.0. The predicted molar refractivity (Wildman–Crippen MR) is 73.3 cm³/mol. The first-order valence-corrected chi connectivity index (χ1v) is 6.02. The van der Waals surface area contributed by atoms with E-state index in [0.29, 0.717) is 11.0 Å². The lowest BCUT2D eigenvalue weighted by Gasteiger charge is -2.00. The Hall–Kier alpha value is -2.14. The van der Waals surface area contributed by atoms with E-state index in [1.165, 1.54) is 12.3 Å². The van der Waals surface area contributed by atoms with Gasteiger partial charge in [-0.15, -0.1) is 0 Å². The van der Waals surface area contributed by atoms with E-state index in [2.05, 4.69) is 4.98 Å². The SMILES string of the molecule is Cn1c(Cl)cnc1/C=C(/Cc1ccccc1)[N+](=O)[O-]. The van der Waals surface area contributed by atoms with Crippen LogP contribution in [0.5, 0.6) is 0 Å². The second kappa shape index (κ2) is 5.67. The normalized spacial score (nSPS) is 11.6. The van der Waals surface area contributed by atoms with Crippen LogP contribution in [0, 0.1) is 10.1 Å². The van der Waals surface area contributed by atoms with Gasteiger partial charge in [-0.05, 0) is 5.56 Å². The van der Waals surface area contributed by atoms with Crippen molar-refractivity contribution >= 4 is 17.7 Å². The minimum absolute atomic E-state index is 0.0802. The maximum Gasteiger partial charge on any atom is 0.254 e. The van der Waals surface area contributed by atoms with Crippen LogP contribution in [0.3, 0.4) is 0 Å². The Balaban J connectivity index is 2.31. The number of allylic oxidation sites excluding steroid dienone is 1. The molecule has 6 heteroatoms. The largest absolute Gasteiger partial charge is 0.319 e. The van der Waals surface area contributed by atoms with Crippen molar-refractivity contribution in [3.05, 3.63) is 68.9 Å². The van der Waals surface area contributed by atoms with Crippen LogP contribution in [-0.2, 0) is 13.5 Å². The highest BCUT2D eigenvalue weighted by Crippen LogP contribution is 2.15. The molecule has 5 nitrogen and oxygen atoms in total. The van der Waals surface area contributed by atoms with Gasteiger partial charge < -0.3 is 4.57 Å². The number of hydrogen-bond acceptors (Lipinski definition) is 3. The smallest absolute Gasteiger partial charge is 0.254 e. The second-order valence-electron chi connectivity index (χ2n) is 4.05. The van der Waals surface area contributed by atoms with Gasteiger partial charge in [-0.3, -0.25) is 10.1 Å². The molecule has 0 N–H and O–H groups in total. The van der Waals surface area contributed by atoms with Crippen molar-refractivity contribution in [3.8, 4) is 0 Å². The van der Waals surface area contributed by atoms with Crippen LogP contribution in [0.15, 0.2) is 42.2 Å². The predicted octanol–water partition coefficient (Wildman–Crippen LogP) is 2.93. The van der Waals surface area contributed by atoms with Crippen molar-refractivity contribution in [1.29, 1.82) is 0 Å². The molecule has 0 bridgehead atoms. The summed E-state index contributed by atoms with van der Waals surface area (Å²) in [6.45, 7) is 0. The van der Waals surface area contributed by atoms with Crippen molar-refractivity contribution < 1.29 is 4.92 Å². The van der Waals surface area contributed by atoms with Crippen LogP contribution in [-0.4, -0.2) is 14.5 Å². The first kappa shape index (κ1) is 13.3. The minimum Gasteiger partial charge on any atom is -0.319 e.